The lowest BCUT2D eigenvalue weighted by atomic mass is 10.0. The molecule has 1 N–H and O–H groups in total. The predicted octanol–water partition coefficient (Wildman–Crippen LogP) is 3.80. The van der Waals surface area contributed by atoms with Gasteiger partial charge in [0.1, 0.15) is 17.6 Å². The van der Waals surface area contributed by atoms with Gasteiger partial charge in [-0.25, -0.2) is 4.39 Å². The van der Waals surface area contributed by atoms with E-state index >= 15 is 0 Å². The number of aromatic amines is 1. The standard InChI is InChI=1S/C15H8ClFN4/c16-12-7-11(5-6-13(12)17)9-1-3-10(4-2-9)15-14(8-18)19-21-20-15/h1-7H,(H,19,20,21). The number of hydrogen-bond acceptors (Lipinski definition) is 3. The van der Waals surface area contributed by atoms with E-state index in [0.29, 0.717) is 5.69 Å². The van der Waals surface area contributed by atoms with E-state index in [2.05, 4.69) is 15.4 Å². The highest BCUT2D eigenvalue weighted by atomic mass is 35.5. The fourth-order valence-electron chi connectivity index (χ4n) is 2.01. The fraction of sp³-hybridized carbons (Fsp3) is 0. The van der Waals surface area contributed by atoms with E-state index in [-0.39, 0.29) is 10.7 Å². The number of nitriles is 1. The number of aromatic nitrogens is 3. The van der Waals surface area contributed by atoms with Crippen LogP contribution in [0.1, 0.15) is 5.69 Å². The van der Waals surface area contributed by atoms with Crippen molar-refractivity contribution in [1.29, 1.82) is 5.26 Å². The average Bonchev–Trinajstić information content (AvgIpc) is 2.99. The zero-order chi connectivity index (χ0) is 14.8. The molecule has 21 heavy (non-hydrogen) atoms. The second-order valence-electron chi connectivity index (χ2n) is 4.34. The zero-order valence-electron chi connectivity index (χ0n) is 10.6. The van der Waals surface area contributed by atoms with Crippen LogP contribution in [-0.2, 0) is 0 Å². The van der Waals surface area contributed by atoms with E-state index in [9.17, 15) is 4.39 Å². The molecule has 0 fully saturated rings. The molecule has 3 rings (SSSR count). The molecule has 0 radical (unpaired) electrons. The maximum absolute atomic E-state index is 13.2. The number of benzene rings is 2. The van der Waals surface area contributed by atoms with Crippen LogP contribution in [0, 0.1) is 17.1 Å². The minimum Gasteiger partial charge on any atom is -0.205 e. The molecule has 0 spiro atoms. The van der Waals surface area contributed by atoms with Gasteiger partial charge in [0, 0.05) is 5.56 Å². The van der Waals surface area contributed by atoms with Crippen molar-refractivity contribution in [2.75, 3.05) is 0 Å². The Hall–Kier alpha value is -2.71. The van der Waals surface area contributed by atoms with E-state index in [0.717, 1.165) is 16.7 Å². The molecule has 0 aliphatic carbocycles. The smallest absolute Gasteiger partial charge is 0.190 e. The molecule has 1 heterocycles. The van der Waals surface area contributed by atoms with Gasteiger partial charge in [-0.2, -0.15) is 15.6 Å². The van der Waals surface area contributed by atoms with Crippen molar-refractivity contribution in [1.82, 2.24) is 15.4 Å². The monoisotopic (exact) mass is 298 g/mol. The molecule has 0 atom stereocenters. The maximum atomic E-state index is 13.2. The molecule has 0 bridgehead atoms. The Kier molecular flexibility index (Phi) is 3.38. The number of halogens is 2. The Balaban J connectivity index is 1.98. The normalized spacial score (nSPS) is 10.3. The number of nitrogens with zero attached hydrogens (tertiary/aromatic N) is 3. The van der Waals surface area contributed by atoms with Gasteiger partial charge >= 0.3 is 0 Å². The zero-order valence-corrected chi connectivity index (χ0v) is 11.4. The SMILES string of the molecule is N#Cc1n[nH]nc1-c1ccc(-c2ccc(F)c(Cl)c2)cc1. The summed E-state index contributed by atoms with van der Waals surface area (Å²) in [5.41, 5.74) is 3.22. The lowest BCUT2D eigenvalue weighted by molar-refractivity contribution is 0.628. The van der Waals surface area contributed by atoms with Crippen molar-refractivity contribution < 1.29 is 4.39 Å². The lowest BCUT2D eigenvalue weighted by Gasteiger charge is -2.04. The van der Waals surface area contributed by atoms with Gasteiger partial charge in [0.05, 0.1) is 5.02 Å². The van der Waals surface area contributed by atoms with Gasteiger partial charge < -0.3 is 0 Å². The van der Waals surface area contributed by atoms with Crippen molar-refractivity contribution in [3.05, 3.63) is 59.0 Å². The largest absolute Gasteiger partial charge is 0.205 e. The molecule has 6 heteroatoms. The lowest BCUT2D eigenvalue weighted by Crippen LogP contribution is -1.84. The van der Waals surface area contributed by atoms with Crippen molar-refractivity contribution in [3.8, 4) is 28.5 Å². The molecule has 1 aromatic heterocycles. The van der Waals surface area contributed by atoms with E-state index in [1.807, 2.05) is 30.3 Å². The first-order chi connectivity index (χ1) is 10.2. The molecule has 0 aliphatic heterocycles. The second-order valence-corrected chi connectivity index (χ2v) is 4.75. The molecule has 4 nitrogen and oxygen atoms in total. The third kappa shape index (κ3) is 2.49. The van der Waals surface area contributed by atoms with Crippen molar-refractivity contribution in [2.24, 2.45) is 0 Å². The highest BCUT2D eigenvalue weighted by Gasteiger charge is 2.10. The van der Waals surface area contributed by atoms with Crippen LogP contribution in [0.4, 0.5) is 4.39 Å². The highest BCUT2D eigenvalue weighted by Crippen LogP contribution is 2.27. The summed E-state index contributed by atoms with van der Waals surface area (Å²) in [6.45, 7) is 0. The van der Waals surface area contributed by atoms with Crippen LogP contribution in [0.15, 0.2) is 42.5 Å². The molecule has 0 saturated heterocycles. The molecule has 0 saturated carbocycles. The summed E-state index contributed by atoms with van der Waals surface area (Å²) < 4.78 is 13.2. The van der Waals surface area contributed by atoms with Gasteiger partial charge in [-0.3, -0.25) is 0 Å². The highest BCUT2D eigenvalue weighted by molar-refractivity contribution is 6.31. The summed E-state index contributed by atoms with van der Waals surface area (Å²) in [5.74, 6) is -0.446. The first-order valence-electron chi connectivity index (χ1n) is 6.06. The van der Waals surface area contributed by atoms with Gasteiger partial charge in [-0.15, -0.1) is 5.10 Å². The van der Waals surface area contributed by atoms with Crippen LogP contribution in [0.2, 0.25) is 5.02 Å². The maximum Gasteiger partial charge on any atom is 0.190 e. The summed E-state index contributed by atoms with van der Waals surface area (Å²) in [5, 5.41) is 19.2. The van der Waals surface area contributed by atoms with Gasteiger partial charge in [0.2, 0.25) is 0 Å². The predicted molar refractivity (Wildman–Crippen MR) is 76.9 cm³/mol. The summed E-state index contributed by atoms with van der Waals surface area (Å²) in [6.07, 6.45) is 0. The molecule has 102 valence electrons. The molecular formula is C15H8ClFN4. The van der Waals surface area contributed by atoms with E-state index < -0.39 is 5.82 Å². The Bertz CT molecular complexity index is 834. The average molecular weight is 299 g/mol. The Morgan fingerprint density at radius 1 is 1.00 bits per heavy atom. The van der Waals surface area contributed by atoms with E-state index in [1.165, 1.54) is 6.07 Å². The number of H-pyrrole nitrogens is 1. The number of nitrogens with one attached hydrogen (secondary N) is 1. The molecule has 0 aliphatic rings. The Labute approximate surface area is 124 Å². The minimum atomic E-state index is -0.446. The third-order valence-corrected chi connectivity index (χ3v) is 3.35. The number of rotatable bonds is 2. The van der Waals surface area contributed by atoms with Gasteiger partial charge in [0.15, 0.2) is 5.69 Å². The number of hydrogen-bond donors (Lipinski definition) is 1. The molecule has 0 unspecified atom stereocenters. The van der Waals surface area contributed by atoms with Crippen LogP contribution in [0.5, 0.6) is 0 Å². The van der Waals surface area contributed by atoms with Crippen molar-refractivity contribution >= 4 is 11.6 Å². The summed E-state index contributed by atoms with van der Waals surface area (Å²) in [6, 6.07) is 13.9. The quantitative estimate of drug-likeness (QED) is 0.782. The van der Waals surface area contributed by atoms with Crippen LogP contribution in [0.3, 0.4) is 0 Å². The fourth-order valence-corrected chi connectivity index (χ4v) is 2.19. The van der Waals surface area contributed by atoms with Crippen molar-refractivity contribution in [3.63, 3.8) is 0 Å². The topological polar surface area (TPSA) is 65.4 Å². The van der Waals surface area contributed by atoms with E-state index in [4.69, 9.17) is 16.9 Å². The van der Waals surface area contributed by atoms with Gasteiger partial charge in [-0.1, -0.05) is 41.9 Å². The van der Waals surface area contributed by atoms with Crippen LogP contribution >= 0.6 is 11.6 Å². The second kappa shape index (κ2) is 5.35. The van der Waals surface area contributed by atoms with Crippen LogP contribution in [0.25, 0.3) is 22.4 Å². The van der Waals surface area contributed by atoms with E-state index in [1.54, 1.807) is 12.1 Å². The van der Waals surface area contributed by atoms with Gasteiger partial charge in [-0.05, 0) is 23.3 Å². The molecule has 3 aromatic rings. The molecular weight excluding hydrogens is 291 g/mol. The summed E-state index contributed by atoms with van der Waals surface area (Å²) in [7, 11) is 0. The third-order valence-electron chi connectivity index (χ3n) is 3.07. The summed E-state index contributed by atoms with van der Waals surface area (Å²) in [4.78, 5) is 0. The van der Waals surface area contributed by atoms with Crippen LogP contribution < -0.4 is 0 Å². The Morgan fingerprint density at radius 2 is 1.67 bits per heavy atom. The first-order valence-corrected chi connectivity index (χ1v) is 6.43. The minimum absolute atomic E-state index is 0.0832. The Morgan fingerprint density at radius 3 is 2.33 bits per heavy atom. The molecule has 0 amide bonds. The van der Waals surface area contributed by atoms with Gasteiger partial charge in [0.25, 0.3) is 0 Å². The summed E-state index contributed by atoms with van der Waals surface area (Å²) >= 11 is 5.78. The van der Waals surface area contributed by atoms with Crippen molar-refractivity contribution in [2.45, 2.75) is 0 Å². The van der Waals surface area contributed by atoms with Crippen LogP contribution in [-0.4, -0.2) is 15.4 Å². The first kappa shape index (κ1) is 13.3. The molecule has 2 aromatic carbocycles.